The Morgan fingerprint density at radius 3 is 2.03 bits per heavy atom. The number of ether oxygens (including phenoxy) is 3. The number of nitrogens with zero attached hydrogens (tertiary/aromatic N) is 2. The van der Waals surface area contributed by atoms with Crippen molar-refractivity contribution in [2.45, 2.75) is 43.9 Å². The first-order valence-corrected chi connectivity index (χ1v) is 12.0. The minimum atomic E-state index is -1.62. The summed E-state index contributed by atoms with van der Waals surface area (Å²) in [4.78, 5) is 30.3. The van der Waals surface area contributed by atoms with Gasteiger partial charge in [0.05, 0.1) is 19.2 Å². The summed E-state index contributed by atoms with van der Waals surface area (Å²) in [5, 5.41) is 0. The zero-order valence-electron chi connectivity index (χ0n) is 20.8. The Bertz CT molecular complexity index is 1230. The highest BCUT2D eigenvalue weighted by Crippen LogP contribution is 2.45. The van der Waals surface area contributed by atoms with Crippen LogP contribution in [0.2, 0.25) is 0 Å². The summed E-state index contributed by atoms with van der Waals surface area (Å²) in [6, 6.07) is 26.1. The fraction of sp³-hybridized carbons (Fsp3) is 0.310. The number of hydrogen-bond donors (Lipinski definition) is 0. The van der Waals surface area contributed by atoms with Crippen LogP contribution in [0.4, 0.5) is 5.69 Å². The van der Waals surface area contributed by atoms with Crippen molar-refractivity contribution in [2.75, 3.05) is 19.1 Å². The Morgan fingerprint density at radius 2 is 1.44 bits per heavy atom. The summed E-state index contributed by atoms with van der Waals surface area (Å²) in [6.45, 7) is 3.56. The molecule has 0 aliphatic carbocycles. The van der Waals surface area contributed by atoms with E-state index in [0.29, 0.717) is 5.75 Å². The topological polar surface area (TPSA) is 68.3 Å². The van der Waals surface area contributed by atoms with E-state index in [4.69, 9.17) is 14.2 Å². The van der Waals surface area contributed by atoms with Gasteiger partial charge in [0.2, 0.25) is 5.79 Å². The van der Waals surface area contributed by atoms with Crippen molar-refractivity contribution in [3.63, 3.8) is 0 Å². The number of morpholine rings is 1. The van der Waals surface area contributed by atoms with Crippen molar-refractivity contribution >= 4 is 17.5 Å². The maximum Gasteiger partial charge on any atom is 0.282 e. The molecule has 0 unspecified atom stereocenters. The van der Waals surface area contributed by atoms with Gasteiger partial charge in [0, 0.05) is 12.7 Å². The summed E-state index contributed by atoms with van der Waals surface area (Å²) in [6.07, 6.45) is -1.29. The zero-order chi connectivity index (χ0) is 25.4. The average Bonchev–Trinajstić information content (AvgIpc) is 2.92. The third kappa shape index (κ3) is 4.04. The van der Waals surface area contributed by atoms with Gasteiger partial charge in [-0.25, -0.2) is 0 Å². The molecule has 0 aromatic heterocycles. The molecule has 3 aromatic rings. The van der Waals surface area contributed by atoms with Crippen LogP contribution < -0.4 is 9.64 Å². The number of benzene rings is 3. The molecule has 5 atom stereocenters. The molecule has 5 rings (SSSR count). The summed E-state index contributed by atoms with van der Waals surface area (Å²) in [5.41, 5.74) is 2.58. The number of rotatable bonds is 6. The summed E-state index contributed by atoms with van der Waals surface area (Å²) < 4.78 is 18.0. The highest BCUT2D eigenvalue weighted by atomic mass is 16.7. The van der Waals surface area contributed by atoms with Gasteiger partial charge < -0.3 is 19.1 Å². The molecular weight excluding hydrogens is 456 g/mol. The molecule has 7 heteroatoms. The first-order chi connectivity index (χ1) is 17.3. The molecular formula is C29H30N2O5. The first-order valence-electron chi connectivity index (χ1n) is 12.0. The van der Waals surface area contributed by atoms with Crippen LogP contribution in [0.1, 0.15) is 37.1 Å². The molecule has 2 aliphatic heterocycles. The molecule has 0 spiro atoms. The molecule has 186 valence electrons. The predicted octanol–water partition coefficient (Wildman–Crippen LogP) is 4.50. The van der Waals surface area contributed by atoms with Crippen LogP contribution in [0.5, 0.6) is 5.75 Å². The summed E-state index contributed by atoms with van der Waals surface area (Å²) in [7, 11) is 3.34. The minimum absolute atomic E-state index is 0.200. The second kappa shape index (κ2) is 9.41. The van der Waals surface area contributed by atoms with Gasteiger partial charge in [-0.05, 0) is 49.2 Å². The molecule has 2 amide bonds. The number of carbonyl (C=O) groups excluding carboxylic acids is 2. The zero-order valence-corrected chi connectivity index (χ0v) is 20.8. The SMILES string of the molecule is COc1ccc(N2C(=O)[C@@H](O[C@]3(C)O[C@H](c4ccccc4)[C@H](C)N(C)C3=O)[C@H]2c2ccccc2)cc1. The van der Waals surface area contributed by atoms with E-state index in [0.717, 1.165) is 16.8 Å². The van der Waals surface area contributed by atoms with E-state index in [1.807, 2.05) is 91.9 Å². The lowest BCUT2D eigenvalue weighted by molar-refractivity contribution is -0.290. The summed E-state index contributed by atoms with van der Waals surface area (Å²) in [5.74, 6) is -1.47. The van der Waals surface area contributed by atoms with Gasteiger partial charge in [0.15, 0.2) is 6.10 Å². The van der Waals surface area contributed by atoms with E-state index < -0.39 is 24.0 Å². The number of β-lactam (4-membered cyclic amide) rings is 1. The van der Waals surface area contributed by atoms with Gasteiger partial charge in [-0.3, -0.25) is 14.5 Å². The van der Waals surface area contributed by atoms with Gasteiger partial charge in [0.1, 0.15) is 11.9 Å². The normalized spacial score (nSPS) is 28.1. The first kappa shape index (κ1) is 24.0. The van der Waals surface area contributed by atoms with E-state index in [-0.39, 0.29) is 17.9 Å². The standard InChI is InChI=1S/C29H30N2O5/c1-19-25(21-13-9-6-10-14-21)35-29(2,28(33)30(19)3)36-26-24(20-11-7-5-8-12-20)31(27(26)32)22-15-17-23(34-4)18-16-22/h5-19,24-26H,1-4H3/t19-,24+,25-,26-,29-/m0/s1. The third-order valence-electron chi connectivity index (χ3n) is 7.13. The van der Waals surface area contributed by atoms with E-state index in [2.05, 4.69) is 0 Å². The van der Waals surface area contributed by atoms with Crippen LogP contribution in [0.25, 0.3) is 0 Å². The van der Waals surface area contributed by atoms with Crippen molar-refractivity contribution in [1.29, 1.82) is 0 Å². The lowest BCUT2D eigenvalue weighted by atomic mass is 9.89. The van der Waals surface area contributed by atoms with Crippen LogP contribution in [0.15, 0.2) is 84.9 Å². The lowest BCUT2D eigenvalue weighted by Gasteiger charge is -2.52. The van der Waals surface area contributed by atoms with Gasteiger partial charge in [-0.1, -0.05) is 60.7 Å². The number of hydrogen-bond acceptors (Lipinski definition) is 5. The molecule has 0 N–H and O–H groups in total. The molecule has 2 saturated heterocycles. The molecule has 0 saturated carbocycles. The molecule has 0 radical (unpaired) electrons. The molecule has 7 nitrogen and oxygen atoms in total. The highest BCUT2D eigenvalue weighted by molar-refractivity contribution is 6.05. The molecule has 36 heavy (non-hydrogen) atoms. The van der Waals surface area contributed by atoms with E-state index >= 15 is 0 Å². The van der Waals surface area contributed by atoms with Crippen LogP contribution >= 0.6 is 0 Å². The van der Waals surface area contributed by atoms with Crippen molar-refractivity contribution < 1.29 is 23.8 Å². The lowest BCUT2D eigenvalue weighted by Crippen LogP contribution is -2.67. The van der Waals surface area contributed by atoms with E-state index in [1.54, 1.807) is 30.9 Å². The molecule has 2 aliphatic rings. The Balaban J connectivity index is 1.47. The second-order valence-electron chi connectivity index (χ2n) is 9.35. The second-order valence-corrected chi connectivity index (χ2v) is 9.35. The average molecular weight is 487 g/mol. The van der Waals surface area contributed by atoms with Gasteiger partial charge in [-0.15, -0.1) is 0 Å². The number of carbonyl (C=O) groups is 2. The monoisotopic (exact) mass is 486 g/mol. The van der Waals surface area contributed by atoms with Crippen LogP contribution in [0.3, 0.4) is 0 Å². The van der Waals surface area contributed by atoms with Crippen LogP contribution in [-0.2, 0) is 19.1 Å². The Kier molecular flexibility index (Phi) is 6.28. The molecule has 3 aromatic carbocycles. The Morgan fingerprint density at radius 1 is 0.861 bits per heavy atom. The fourth-order valence-corrected chi connectivity index (χ4v) is 4.99. The fourth-order valence-electron chi connectivity index (χ4n) is 4.99. The Hall–Kier alpha value is -3.68. The highest BCUT2D eigenvalue weighted by Gasteiger charge is 2.57. The molecule has 0 bridgehead atoms. The van der Waals surface area contributed by atoms with Gasteiger partial charge >= 0.3 is 0 Å². The van der Waals surface area contributed by atoms with Crippen LogP contribution in [-0.4, -0.2) is 48.8 Å². The number of methoxy groups -OCH3 is 1. The predicted molar refractivity (Wildman–Crippen MR) is 135 cm³/mol. The minimum Gasteiger partial charge on any atom is -0.497 e. The van der Waals surface area contributed by atoms with Crippen LogP contribution in [0, 0.1) is 0 Å². The van der Waals surface area contributed by atoms with Gasteiger partial charge in [-0.2, -0.15) is 0 Å². The van der Waals surface area contributed by atoms with Crippen molar-refractivity contribution in [2.24, 2.45) is 0 Å². The van der Waals surface area contributed by atoms with Crippen molar-refractivity contribution in [1.82, 2.24) is 4.90 Å². The number of likely N-dealkylation sites (N-methyl/N-ethyl adjacent to an activating group) is 1. The van der Waals surface area contributed by atoms with E-state index in [1.165, 1.54) is 0 Å². The summed E-state index contributed by atoms with van der Waals surface area (Å²) >= 11 is 0. The molecule has 2 fully saturated rings. The number of anilines is 1. The largest absolute Gasteiger partial charge is 0.497 e. The third-order valence-corrected chi connectivity index (χ3v) is 7.13. The van der Waals surface area contributed by atoms with Crippen molar-refractivity contribution in [3.8, 4) is 5.75 Å². The van der Waals surface area contributed by atoms with Crippen molar-refractivity contribution in [3.05, 3.63) is 96.1 Å². The molecule has 2 heterocycles. The Labute approximate surface area is 211 Å². The number of amides is 2. The van der Waals surface area contributed by atoms with E-state index in [9.17, 15) is 9.59 Å². The maximum absolute atomic E-state index is 13.5. The van der Waals surface area contributed by atoms with Gasteiger partial charge in [0.25, 0.3) is 11.8 Å². The quantitative estimate of drug-likeness (QED) is 0.480. The smallest absolute Gasteiger partial charge is 0.282 e. The maximum atomic E-state index is 13.5.